The number of nitrogens with zero attached hydrogens (tertiary/aromatic N) is 2. The van der Waals surface area contributed by atoms with Crippen molar-refractivity contribution in [3.63, 3.8) is 0 Å². The normalized spacial score (nSPS) is 16.4. The van der Waals surface area contributed by atoms with Crippen LogP contribution in [0.3, 0.4) is 0 Å². The van der Waals surface area contributed by atoms with Gasteiger partial charge in [0.05, 0.1) is 11.4 Å². The number of carbonyl (C=O) groups excluding carboxylic acids is 1. The predicted molar refractivity (Wildman–Crippen MR) is 284 cm³/mol. The van der Waals surface area contributed by atoms with Gasteiger partial charge < -0.3 is 9.80 Å². The second kappa shape index (κ2) is 14.8. The highest BCUT2D eigenvalue weighted by Crippen LogP contribution is 2.58. The molecule has 0 amide bonds. The first-order valence-corrected chi connectivity index (χ1v) is 24.1. The van der Waals surface area contributed by atoms with Crippen molar-refractivity contribution in [3.8, 4) is 11.1 Å². The summed E-state index contributed by atoms with van der Waals surface area (Å²) in [6.07, 6.45) is 0. The van der Waals surface area contributed by atoms with Crippen molar-refractivity contribution in [2.75, 3.05) is 9.80 Å². The Morgan fingerprint density at radius 1 is 0.338 bits per heavy atom. The zero-order chi connectivity index (χ0) is 46.9. The third kappa shape index (κ3) is 6.07. The van der Waals surface area contributed by atoms with Crippen LogP contribution in [0.15, 0.2) is 194 Å². The zero-order valence-corrected chi connectivity index (χ0v) is 40.3. The molecule has 0 atom stereocenters. The molecule has 0 saturated carbocycles. The van der Waals surface area contributed by atoms with Crippen LogP contribution in [0.4, 0.5) is 34.1 Å². The zero-order valence-electron chi connectivity index (χ0n) is 40.3. The van der Waals surface area contributed by atoms with Crippen LogP contribution in [-0.4, -0.2) is 5.78 Å². The van der Waals surface area contributed by atoms with Crippen LogP contribution >= 0.6 is 0 Å². The van der Waals surface area contributed by atoms with Crippen molar-refractivity contribution in [1.29, 1.82) is 0 Å². The van der Waals surface area contributed by atoms with Gasteiger partial charge >= 0.3 is 0 Å². The van der Waals surface area contributed by atoms with Gasteiger partial charge in [-0.1, -0.05) is 183 Å². The van der Waals surface area contributed by atoms with Crippen molar-refractivity contribution in [2.24, 2.45) is 0 Å². The minimum absolute atomic E-state index is 0.0993. The lowest BCUT2D eigenvalue weighted by molar-refractivity contribution is 0.103. The molecule has 3 heteroatoms. The number of ketones is 1. The maximum Gasteiger partial charge on any atom is 0.193 e. The van der Waals surface area contributed by atoms with Crippen LogP contribution in [0, 0.1) is 0 Å². The molecule has 0 bridgehead atoms. The number of fused-ring (bicyclic) bond motifs is 7. The van der Waals surface area contributed by atoms with Gasteiger partial charge in [0.1, 0.15) is 0 Å². The average molecular weight is 881 g/mol. The molecule has 68 heavy (non-hydrogen) atoms. The van der Waals surface area contributed by atoms with Crippen molar-refractivity contribution >= 4 is 50.7 Å². The summed E-state index contributed by atoms with van der Waals surface area (Å²) < 4.78 is 0. The molecule has 1 aliphatic heterocycles. The highest BCUT2D eigenvalue weighted by Gasteiger charge is 2.46. The van der Waals surface area contributed by atoms with Gasteiger partial charge in [0, 0.05) is 55.5 Å². The van der Waals surface area contributed by atoms with E-state index >= 15 is 0 Å². The first-order valence-electron chi connectivity index (χ1n) is 24.1. The molecule has 3 aliphatic rings. The molecule has 0 radical (unpaired) electrons. The fraction of sp³-hybridized carbons (Fsp3) is 0.185. The lowest BCUT2D eigenvalue weighted by Crippen LogP contribution is -2.38. The molecule has 0 fully saturated rings. The van der Waals surface area contributed by atoms with Gasteiger partial charge in [0.15, 0.2) is 5.78 Å². The van der Waals surface area contributed by atoms with Crippen molar-refractivity contribution < 1.29 is 4.79 Å². The molecule has 9 aromatic carbocycles. The van der Waals surface area contributed by atoms with Gasteiger partial charge in [0.25, 0.3) is 0 Å². The number of rotatable bonds is 5. The summed E-state index contributed by atoms with van der Waals surface area (Å²) in [6, 6.07) is 71.0. The fourth-order valence-corrected chi connectivity index (χ4v) is 12.2. The Hall–Kier alpha value is -7.49. The maximum atomic E-state index is 13.9. The Kier molecular flexibility index (Phi) is 9.09. The molecule has 3 nitrogen and oxygen atoms in total. The Labute approximate surface area is 401 Å². The van der Waals surface area contributed by atoms with Crippen molar-refractivity contribution in [1.82, 2.24) is 0 Å². The number of hydrogen-bond donors (Lipinski definition) is 0. The summed E-state index contributed by atoms with van der Waals surface area (Å²) in [5, 5.41) is 2.43. The molecule has 1 heterocycles. The van der Waals surface area contributed by atoms with Crippen LogP contribution in [0.2, 0.25) is 0 Å². The topological polar surface area (TPSA) is 23.6 Å². The van der Waals surface area contributed by atoms with E-state index in [1.807, 2.05) is 18.2 Å². The second-order valence-corrected chi connectivity index (χ2v) is 21.4. The molecule has 0 N–H and O–H groups in total. The van der Waals surface area contributed by atoms with E-state index in [1.54, 1.807) is 0 Å². The van der Waals surface area contributed by atoms with Crippen LogP contribution in [-0.2, 0) is 21.7 Å². The first-order chi connectivity index (χ1) is 32.7. The van der Waals surface area contributed by atoms with Gasteiger partial charge in [-0.05, 0) is 133 Å². The smallest absolute Gasteiger partial charge is 0.193 e. The lowest BCUT2D eigenvalue weighted by Gasteiger charge is -2.48. The van der Waals surface area contributed by atoms with E-state index in [2.05, 4.69) is 241 Å². The molecule has 2 aliphatic carbocycles. The summed E-state index contributed by atoms with van der Waals surface area (Å²) in [7, 11) is 0. The number of para-hydroxylation sites is 1. The van der Waals surface area contributed by atoms with Gasteiger partial charge in [-0.25, -0.2) is 0 Å². The summed E-state index contributed by atoms with van der Waals surface area (Å²) >= 11 is 0. The van der Waals surface area contributed by atoms with E-state index in [0.717, 1.165) is 61.8 Å². The lowest BCUT2D eigenvalue weighted by atomic mass is 9.58. The third-order valence-corrected chi connectivity index (χ3v) is 16.0. The van der Waals surface area contributed by atoms with E-state index in [0.29, 0.717) is 0 Å². The molecule has 0 spiro atoms. The molecular weight excluding hydrogens is 825 g/mol. The van der Waals surface area contributed by atoms with E-state index in [1.165, 1.54) is 49.8 Å². The van der Waals surface area contributed by atoms with E-state index in [-0.39, 0.29) is 27.4 Å². The maximum absolute atomic E-state index is 13.9. The van der Waals surface area contributed by atoms with Gasteiger partial charge in [-0.15, -0.1) is 0 Å². The van der Waals surface area contributed by atoms with Crippen molar-refractivity contribution in [2.45, 2.75) is 77.0 Å². The van der Waals surface area contributed by atoms with E-state index in [4.69, 9.17) is 0 Å². The summed E-state index contributed by atoms with van der Waals surface area (Å²) in [5.41, 5.74) is 19.7. The Balaban J connectivity index is 1.07. The van der Waals surface area contributed by atoms with Crippen molar-refractivity contribution in [3.05, 3.63) is 250 Å². The summed E-state index contributed by atoms with van der Waals surface area (Å²) in [4.78, 5) is 18.8. The molecule has 12 rings (SSSR count). The number of anilines is 6. The highest BCUT2D eigenvalue weighted by atomic mass is 16.1. The van der Waals surface area contributed by atoms with Gasteiger partial charge in [-0.2, -0.15) is 0 Å². The third-order valence-electron chi connectivity index (χ3n) is 16.0. The second-order valence-electron chi connectivity index (χ2n) is 21.4. The van der Waals surface area contributed by atoms with Crippen LogP contribution < -0.4 is 9.80 Å². The first kappa shape index (κ1) is 41.9. The molecular formula is C65H56N2O. The SMILES string of the molecule is CC1(C)c2ccccc2C(=O)c2ccc(-c3cccc(N4c5ccc(N(c6ccccc6)c6ccc7ccccc7c6)cc5C(C)(C)c5cc6c(cc54)C(C)(C)c4ccccc4C6(C)C)c3)cc21. The molecule has 332 valence electrons. The minimum Gasteiger partial charge on any atom is -0.310 e. The number of hydrogen-bond acceptors (Lipinski definition) is 3. The molecule has 9 aromatic rings. The fourth-order valence-electron chi connectivity index (χ4n) is 12.2. The predicted octanol–water partition coefficient (Wildman–Crippen LogP) is 16.9. The quantitative estimate of drug-likeness (QED) is 0.172. The number of carbonyl (C=O) groups is 1. The molecule has 0 saturated heterocycles. The number of benzene rings is 9. The molecule has 0 aromatic heterocycles. The van der Waals surface area contributed by atoms with E-state index in [9.17, 15) is 4.79 Å². The Bertz CT molecular complexity index is 3550. The van der Waals surface area contributed by atoms with Crippen LogP contribution in [0.1, 0.15) is 116 Å². The Morgan fingerprint density at radius 3 is 1.65 bits per heavy atom. The highest BCUT2D eigenvalue weighted by molar-refractivity contribution is 6.13. The largest absolute Gasteiger partial charge is 0.310 e. The van der Waals surface area contributed by atoms with Gasteiger partial charge in [-0.3, -0.25) is 4.79 Å². The standard InChI is InChI=1S/C65H56N2O/c1-62(2)51-26-15-14-25-49(51)61(68)50-33-30-44(37-54(50)62)43-21-18-24-46(36-43)67-59-34-32-48(66(45-22-10-9-11-23-45)47-31-29-41-19-12-13-20-42(41)35-47)38-57(59)65(7,8)58-39-55-56(40-60(58)67)64(5,6)53-28-17-16-27-52(53)63(55,3)4/h9-40H,1-8H3. The minimum atomic E-state index is -0.375. The van der Waals surface area contributed by atoms with Gasteiger partial charge in [0.2, 0.25) is 0 Å². The van der Waals surface area contributed by atoms with Crippen LogP contribution in [0.25, 0.3) is 21.9 Å². The molecule has 0 unspecified atom stereocenters. The average Bonchev–Trinajstić information content (AvgIpc) is 3.35. The van der Waals surface area contributed by atoms with E-state index < -0.39 is 0 Å². The summed E-state index contributed by atoms with van der Waals surface area (Å²) in [6.45, 7) is 18.9. The Morgan fingerprint density at radius 2 is 0.897 bits per heavy atom. The van der Waals surface area contributed by atoms with Crippen LogP contribution in [0.5, 0.6) is 0 Å². The summed E-state index contributed by atoms with van der Waals surface area (Å²) in [5.74, 6) is 0.0993. The monoisotopic (exact) mass is 880 g/mol.